The van der Waals surface area contributed by atoms with Gasteiger partial charge in [0.2, 0.25) is 0 Å². The normalized spacial score (nSPS) is 29.4. The summed E-state index contributed by atoms with van der Waals surface area (Å²) < 4.78 is 61.6. The summed E-state index contributed by atoms with van der Waals surface area (Å²) in [5, 5.41) is 6.43. The third-order valence-corrected chi connectivity index (χ3v) is 7.25. The van der Waals surface area contributed by atoms with Crippen LogP contribution < -0.4 is 10.6 Å². The van der Waals surface area contributed by atoms with Gasteiger partial charge in [0, 0.05) is 64.4 Å². The van der Waals surface area contributed by atoms with Crippen LogP contribution in [0.1, 0.15) is 19.8 Å². The first-order valence-electron chi connectivity index (χ1n) is 9.78. The maximum Gasteiger partial charge on any atom is 0.511 e. The highest BCUT2D eigenvalue weighted by molar-refractivity contribution is 14.0. The molecule has 4 rings (SSSR count). The van der Waals surface area contributed by atoms with Gasteiger partial charge >= 0.3 is 15.5 Å². The van der Waals surface area contributed by atoms with Crippen LogP contribution in [0.4, 0.5) is 13.2 Å². The van der Waals surface area contributed by atoms with Gasteiger partial charge < -0.3 is 10.6 Å². The van der Waals surface area contributed by atoms with Crippen LogP contribution in [0, 0.1) is 0 Å². The quantitative estimate of drug-likeness (QED) is 0.293. The van der Waals surface area contributed by atoms with Crippen molar-refractivity contribution in [3.8, 4) is 0 Å². The lowest BCUT2D eigenvalue weighted by atomic mass is 10.1. The lowest BCUT2D eigenvalue weighted by molar-refractivity contribution is -0.0494. The standard InChI is InChI=1S/C16H29F3N6O2S.HI/c1-2-20-15(21-11-14-12-23-7-9-24(14)10-8-23)22-13-3-5-25(6-4-13)28(26,27)16(17,18)19;/h13-14H,2-12H2,1H3,(H2,20,21,22);1H. The molecule has 2 bridgehead atoms. The molecule has 4 fully saturated rings. The van der Waals surface area contributed by atoms with Gasteiger partial charge in [-0.15, -0.1) is 24.0 Å². The molecule has 0 aliphatic carbocycles. The lowest BCUT2D eigenvalue weighted by Gasteiger charge is -2.47. The van der Waals surface area contributed by atoms with Crippen LogP contribution in [0.3, 0.4) is 0 Å². The Labute approximate surface area is 187 Å². The highest BCUT2D eigenvalue weighted by atomic mass is 127. The van der Waals surface area contributed by atoms with Crippen molar-refractivity contribution in [2.75, 3.05) is 58.9 Å². The molecule has 4 aliphatic heterocycles. The zero-order valence-electron chi connectivity index (χ0n) is 16.5. The molecule has 13 heteroatoms. The Kier molecular flexibility index (Phi) is 8.83. The summed E-state index contributed by atoms with van der Waals surface area (Å²) in [6.07, 6.45) is 0.617. The summed E-state index contributed by atoms with van der Waals surface area (Å²) in [5.41, 5.74) is -5.24. The Morgan fingerprint density at radius 1 is 1.10 bits per heavy atom. The van der Waals surface area contributed by atoms with Crippen LogP contribution in [-0.2, 0) is 10.0 Å². The van der Waals surface area contributed by atoms with Crippen molar-refractivity contribution in [1.29, 1.82) is 0 Å². The van der Waals surface area contributed by atoms with Gasteiger partial charge in [-0.1, -0.05) is 0 Å². The fourth-order valence-corrected chi connectivity index (χ4v) is 4.98. The minimum Gasteiger partial charge on any atom is -0.357 e. The number of sulfonamides is 1. The van der Waals surface area contributed by atoms with Gasteiger partial charge in [-0.25, -0.2) is 8.42 Å². The summed E-state index contributed by atoms with van der Waals surface area (Å²) in [4.78, 5) is 9.57. The number of alkyl halides is 3. The summed E-state index contributed by atoms with van der Waals surface area (Å²) in [6, 6.07) is 0.279. The van der Waals surface area contributed by atoms with E-state index in [0.29, 0.717) is 42.2 Å². The van der Waals surface area contributed by atoms with E-state index in [2.05, 4.69) is 25.4 Å². The molecule has 1 unspecified atom stereocenters. The van der Waals surface area contributed by atoms with Crippen LogP contribution in [0.5, 0.6) is 0 Å². The molecule has 4 heterocycles. The summed E-state index contributed by atoms with van der Waals surface area (Å²) in [7, 11) is -5.24. The van der Waals surface area contributed by atoms with E-state index in [-0.39, 0.29) is 43.1 Å². The third kappa shape index (κ3) is 6.08. The molecular weight excluding hydrogens is 524 g/mol. The average molecular weight is 554 g/mol. The van der Waals surface area contributed by atoms with Gasteiger partial charge in [-0.3, -0.25) is 14.8 Å². The van der Waals surface area contributed by atoms with Crippen molar-refractivity contribution in [2.45, 2.75) is 37.4 Å². The van der Waals surface area contributed by atoms with E-state index in [4.69, 9.17) is 0 Å². The number of hydrogen-bond acceptors (Lipinski definition) is 5. The predicted octanol–water partition coefficient (Wildman–Crippen LogP) is 0.473. The van der Waals surface area contributed by atoms with E-state index >= 15 is 0 Å². The molecule has 0 aromatic heterocycles. The van der Waals surface area contributed by atoms with Gasteiger partial charge in [0.15, 0.2) is 5.96 Å². The largest absolute Gasteiger partial charge is 0.511 e. The van der Waals surface area contributed by atoms with Crippen molar-refractivity contribution in [1.82, 2.24) is 24.7 Å². The van der Waals surface area contributed by atoms with E-state index in [0.717, 1.165) is 32.7 Å². The topological polar surface area (TPSA) is 80.3 Å². The molecule has 170 valence electrons. The van der Waals surface area contributed by atoms with Crippen LogP contribution >= 0.6 is 24.0 Å². The first kappa shape index (κ1) is 24.9. The molecular formula is C16H30F3IN6O2S. The van der Waals surface area contributed by atoms with Gasteiger partial charge in [0.25, 0.3) is 0 Å². The van der Waals surface area contributed by atoms with Crippen LogP contribution in [-0.4, -0.2) is 105 Å². The molecule has 0 saturated carbocycles. The van der Waals surface area contributed by atoms with Crippen molar-refractivity contribution >= 4 is 40.0 Å². The highest BCUT2D eigenvalue weighted by Crippen LogP contribution is 2.28. The Bertz CT molecular complexity index is 662. The summed E-state index contributed by atoms with van der Waals surface area (Å²) in [5.74, 6) is 0.636. The molecule has 2 N–H and O–H groups in total. The van der Waals surface area contributed by atoms with Crippen LogP contribution in [0.15, 0.2) is 4.99 Å². The first-order valence-corrected chi connectivity index (χ1v) is 11.2. The number of guanidine groups is 1. The second-order valence-corrected chi connectivity index (χ2v) is 9.41. The fraction of sp³-hybridized carbons (Fsp3) is 0.938. The zero-order chi connectivity index (χ0) is 20.4. The maximum absolute atomic E-state index is 12.7. The number of aliphatic imine (C=N–C) groups is 1. The first-order chi connectivity index (χ1) is 13.2. The number of fused-ring (bicyclic) bond motifs is 3. The van der Waals surface area contributed by atoms with Gasteiger partial charge in [-0.2, -0.15) is 17.5 Å². The average Bonchev–Trinajstić information content (AvgIpc) is 2.67. The Morgan fingerprint density at radius 2 is 1.72 bits per heavy atom. The maximum atomic E-state index is 12.7. The number of piperidine rings is 1. The molecule has 4 aliphatic rings. The van der Waals surface area contributed by atoms with Crippen molar-refractivity contribution < 1.29 is 21.6 Å². The molecule has 29 heavy (non-hydrogen) atoms. The predicted molar refractivity (Wildman–Crippen MR) is 116 cm³/mol. The molecule has 0 aromatic carbocycles. The second-order valence-electron chi connectivity index (χ2n) is 7.48. The molecule has 8 nitrogen and oxygen atoms in total. The number of nitrogens with zero attached hydrogens (tertiary/aromatic N) is 4. The Hall–Kier alpha value is -0.380. The minimum atomic E-state index is -5.24. The zero-order valence-corrected chi connectivity index (χ0v) is 19.6. The number of rotatable bonds is 5. The van der Waals surface area contributed by atoms with Crippen LogP contribution in [0.25, 0.3) is 0 Å². The van der Waals surface area contributed by atoms with E-state index in [1.54, 1.807) is 0 Å². The van der Waals surface area contributed by atoms with Crippen LogP contribution in [0.2, 0.25) is 0 Å². The minimum absolute atomic E-state index is 0. The number of nitrogens with one attached hydrogen (secondary N) is 2. The highest BCUT2D eigenvalue weighted by Gasteiger charge is 2.50. The van der Waals surface area contributed by atoms with E-state index < -0.39 is 15.5 Å². The third-order valence-electron chi connectivity index (χ3n) is 5.62. The monoisotopic (exact) mass is 554 g/mol. The van der Waals surface area contributed by atoms with E-state index in [1.807, 2.05) is 6.92 Å². The lowest BCUT2D eigenvalue weighted by Crippen LogP contribution is -2.62. The van der Waals surface area contributed by atoms with Crippen molar-refractivity contribution in [3.05, 3.63) is 0 Å². The van der Waals surface area contributed by atoms with Crippen molar-refractivity contribution in [2.24, 2.45) is 4.99 Å². The van der Waals surface area contributed by atoms with Gasteiger partial charge in [0.1, 0.15) is 0 Å². The molecule has 0 amide bonds. The SMILES string of the molecule is CCNC(=NCC1CN2CCN1CC2)NC1CCN(S(=O)(=O)C(F)(F)F)CC1.I. The molecule has 0 radical (unpaired) electrons. The molecule has 0 aromatic rings. The van der Waals surface area contributed by atoms with E-state index in [9.17, 15) is 21.6 Å². The van der Waals surface area contributed by atoms with Gasteiger partial charge in [-0.05, 0) is 19.8 Å². The van der Waals surface area contributed by atoms with E-state index in [1.165, 1.54) is 0 Å². The van der Waals surface area contributed by atoms with Crippen molar-refractivity contribution in [3.63, 3.8) is 0 Å². The molecule has 0 spiro atoms. The second kappa shape index (κ2) is 10.3. The smallest absolute Gasteiger partial charge is 0.357 e. The summed E-state index contributed by atoms with van der Waals surface area (Å²) >= 11 is 0. The number of piperazine rings is 3. The summed E-state index contributed by atoms with van der Waals surface area (Å²) in [6.45, 7) is 8.35. The number of hydrogen-bond donors (Lipinski definition) is 2. The fourth-order valence-electron chi connectivity index (χ4n) is 3.99. The van der Waals surface area contributed by atoms with Gasteiger partial charge in [0.05, 0.1) is 6.54 Å². The molecule has 1 atom stereocenters. The Balaban J connectivity index is 0.00000300. The molecule has 4 saturated heterocycles. The number of halogens is 4. The Morgan fingerprint density at radius 3 is 2.21 bits per heavy atom.